The molecule has 1 fully saturated rings. The van der Waals surface area contributed by atoms with Crippen molar-refractivity contribution in [2.75, 3.05) is 0 Å². The van der Waals surface area contributed by atoms with Gasteiger partial charge in [0, 0.05) is 5.41 Å². The smallest absolute Gasteiger partial charge is 0.423 e. The fourth-order valence-electron chi connectivity index (χ4n) is 5.68. The molecule has 0 saturated heterocycles. The minimum Gasteiger partial charge on any atom is -0.423 e. The van der Waals surface area contributed by atoms with Crippen molar-refractivity contribution in [1.29, 1.82) is 0 Å². The Kier molecular flexibility index (Phi) is 3.29. The monoisotopic (exact) mass is 330 g/mol. The maximum Gasteiger partial charge on any atom is 0.488 e. The molecular weight excluding hydrogens is 307 g/mol. The molecule has 0 aromatic heterocycles. The van der Waals surface area contributed by atoms with Crippen LogP contribution in [-0.4, -0.2) is 17.2 Å². The highest BCUT2D eigenvalue weighted by Gasteiger charge is 2.49. The van der Waals surface area contributed by atoms with Crippen LogP contribution in [0.2, 0.25) is 0 Å². The number of rotatable bonds is 1. The van der Waals surface area contributed by atoms with Crippen LogP contribution in [0.1, 0.15) is 43.7 Å². The Labute approximate surface area is 149 Å². The first-order valence-electron chi connectivity index (χ1n) is 9.41. The van der Waals surface area contributed by atoms with Crippen molar-refractivity contribution in [1.82, 2.24) is 0 Å². The summed E-state index contributed by atoms with van der Waals surface area (Å²) in [5.74, 6) is 1.44. The van der Waals surface area contributed by atoms with E-state index >= 15 is 0 Å². The molecule has 25 heavy (non-hydrogen) atoms. The lowest BCUT2D eigenvalue weighted by Gasteiger charge is -2.45. The molecule has 3 aliphatic rings. The lowest BCUT2D eigenvalue weighted by molar-refractivity contribution is 0.284. The summed E-state index contributed by atoms with van der Waals surface area (Å²) in [6.07, 6.45) is 7.38. The average molecular weight is 330 g/mol. The fourth-order valence-corrected chi connectivity index (χ4v) is 5.68. The Morgan fingerprint density at radius 1 is 1.04 bits per heavy atom. The van der Waals surface area contributed by atoms with E-state index in [2.05, 4.69) is 43.3 Å². The first-order chi connectivity index (χ1) is 12.1. The molecule has 2 bridgehead atoms. The van der Waals surface area contributed by atoms with Gasteiger partial charge >= 0.3 is 7.12 Å². The second kappa shape index (κ2) is 5.33. The molecule has 2 nitrogen and oxygen atoms in total. The topological polar surface area (TPSA) is 40.5 Å². The van der Waals surface area contributed by atoms with E-state index in [0.29, 0.717) is 11.4 Å². The summed E-state index contributed by atoms with van der Waals surface area (Å²) in [5.41, 5.74) is 7.34. The van der Waals surface area contributed by atoms with Crippen LogP contribution in [0.3, 0.4) is 0 Å². The second-order valence-corrected chi connectivity index (χ2v) is 8.14. The van der Waals surface area contributed by atoms with Gasteiger partial charge in [-0.2, -0.15) is 0 Å². The first kappa shape index (κ1) is 15.4. The van der Waals surface area contributed by atoms with Gasteiger partial charge in [-0.05, 0) is 65.2 Å². The standard InChI is InChI=1S/C22H23BO2/c1-14-10-15-8-9-22(16(11-14)12-15)20-5-3-2-4-18(20)19-7-6-17(23(24)25)13-21(19)22/h2-7,11,13-15,24-25H,8-10,12H2,1H3. The molecular formula is C22H23BO2. The van der Waals surface area contributed by atoms with E-state index in [1.165, 1.54) is 41.5 Å². The lowest BCUT2D eigenvalue weighted by atomic mass is 9.58. The van der Waals surface area contributed by atoms with E-state index in [4.69, 9.17) is 0 Å². The third kappa shape index (κ3) is 2.06. The molecule has 3 aliphatic carbocycles. The molecule has 3 atom stereocenters. The van der Waals surface area contributed by atoms with E-state index in [0.717, 1.165) is 12.3 Å². The Morgan fingerprint density at radius 2 is 1.84 bits per heavy atom. The Hall–Kier alpha value is -1.84. The summed E-state index contributed by atoms with van der Waals surface area (Å²) in [5, 5.41) is 19.4. The van der Waals surface area contributed by atoms with Crippen molar-refractivity contribution in [2.45, 2.75) is 38.0 Å². The van der Waals surface area contributed by atoms with E-state index in [1.807, 2.05) is 12.1 Å². The maximum atomic E-state index is 9.72. The molecule has 0 amide bonds. The summed E-state index contributed by atoms with van der Waals surface area (Å²) in [4.78, 5) is 0. The number of benzene rings is 2. The molecule has 3 heteroatoms. The van der Waals surface area contributed by atoms with Crippen LogP contribution in [0.25, 0.3) is 11.1 Å². The van der Waals surface area contributed by atoms with Gasteiger partial charge in [0.2, 0.25) is 0 Å². The number of hydrogen-bond acceptors (Lipinski definition) is 2. The van der Waals surface area contributed by atoms with Gasteiger partial charge in [0.25, 0.3) is 0 Å². The molecule has 1 saturated carbocycles. The molecule has 126 valence electrons. The van der Waals surface area contributed by atoms with Crippen LogP contribution in [0, 0.1) is 11.8 Å². The van der Waals surface area contributed by atoms with Crippen molar-refractivity contribution in [3.8, 4) is 11.1 Å². The Morgan fingerprint density at radius 3 is 2.68 bits per heavy atom. The van der Waals surface area contributed by atoms with E-state index < -0.39 is 7.12 Å². The molecule has 5 rings (SSSR count). The minimum absolute atomic E-state index is 0.0675. The minimum atomic E-state index is -1.42. The Balaban J connectivity index is 1.81. The van der Waals surface area contributed by atoms with Gasteiger partial charge in [0.15, 0.2) is 0 Å². The summed E-state index contributed by atoms with van der Waals surface area (Å²) in [7, 11) is -1.42. The quantitative estimate of drug-likeness (QED) is 0.621. The van der Waals surface area contributed by atoms with Crippen molar-refractivity contribution in [3.05, 3.63) is 65.2 Å². The molecule has 3 unspecified atom stereocenters. The third-order valence-electron chi connectivity index (χ3n) is 6.65. The second-order valence-electron chi connectivity index (χ2n) is 8.14. The number of hydrogen-bond donors (Lipinski definition) is 2. The largest absolute Gasteiger partial charge is 0.488 e. The predicted molar refractivity (Wildman–Crippen MR) is 102 cm³/mol. The summed E-state index contributed by atoms with van der Waals surface area (Å²) in [6.45, 7) is 2.33. The summed E-state index contributed by atoms with van der Waals surface area (Å²) in [6, 6.07) is 14.7. The van der Waals surface area contributed by atoms with Crippen molar-refractivity contribution < 1.29 is 10.0 Å². The van der Waals surface area contributed by atoms with Crippen LogP contribution in [0.4, 0.5) is 0 Å². The van der Waals surface area contributed by atoms with Crippen LogP contribution in [-0.2, 0) is 5.41 Å². The molecule has 0 heterocycles. The lowest BCUT2D eigenvalue weighted by Crippen LogP contribution is -2.38. The summed E-state index contributed by atoms with van der Waals surface area (Å²) < 4.78 is 0. The van der Waals surface area contributed by atoms with Crippen molar-refractivity contribution >= 4 is 12.6 Å². The number of fused-ring (bicyclic) bond motifs is 8. The Bertz CT molecular complexity index is 885. The van der Waals surface area contributed by atoms with Gasteiger partial charge in [-0.25, -0.2) is 0 Å². The van der Waals surface area contributed by atoms with E-state index in [9.17, 15) is 10.0 Å². The van der Waals surface area contributed by atoms with Gasteiger partial charge in [-0.15, -0.1) is 0 Å². The van der Waals surface area contributed by atoms with Gasteiger partial charge in [0.1, 0.15) is 0 Å². The van der Waals surface area contributed by atoms with Gasteiger partial charge in [-0.1, -0.05) is 61.0 Å². The highest BCUT2D eigenvalue weighted by Crippen LogP contribution is 2.60. The molecule has 0 aliphatic heterocycles. The molecule has 1 spiro atoms. The first-order valence-corrected chi connectivity index (χ1v) is 9.41. The van der Waals surface area contributed by atoms with Crippen LogP contribution < -0.4 is 5.46 Å². The molecule has 0 radical (unpaired) electrons. The van der Waals surface area contributed by atoms with E-state index in [-0.39, 0.29) is 5.41 Å². The zero-order valence-corrected chi connectivity index (χ0v) is 14.6. The predicted octanol–water partition coefficient (Wildman–Crippen LogP) is 3.40. The van der Waals surface area contributed by atoms with Gasteiger partial charge in [0.05, 0.1) is 0 Å². The SMILES string of the molecule is CC1C=C2CC(CCC23c2ccccc2-c2ccc(B(O)O)cc23)C1. The maximum absolute atomic E-state index is 9.72. The molecule has 2 aromatic carbocycles. The normalized spacial score (nSPS) is 29.2. The zero-order chi connectivity index (χ0) is 17.2. The van der Waals surface area contributed by atoms with Crippen LogP contribution in [0.15, 0.2) is 54.1 Å². The zero-order valence-electron chi connectivity index (χ0n) is 14.6. The molecule has 2 aromatic rings. The van der Waals surface area contributed by atoms with Gasteiger partial charge < -0.3 is 10.0 Å². The summed E-state index contributed by atoms with van der Waals surface area (Å²) >= 11 is 0. The highest BCUT2D eigenvalue weighted by atomic mass is 16.4. The van der Waals surface area contributed by atoms with Crippen LogP contribution in [0.5, 0.6) is 0 Å². The highest BCUT2D eigenvalue weighted by molar-refractivity contribution is 6.58. The van der Waals surface area contributed by atoms with Gasteiger partial charge in [-0.3, -0.25) is 0 Å². The van der Waals surface area contributed by atoms with Crippen molar-refractivity contribution in [2.24, 2.45) is 11.8 Å². The fraction of sp³-hybridized carbons (Fsp3) is 0.364. The molecule has 2 N–H and O–H groups in total. The average Bonchev–Trinajstić information content (AvgIpc) is 2.89. The number of allylic oxidation sites excluding steroid dienone is 2. The van der Waals surface area contributed by atoms with Crippen molar-refractivity contribution in [3.63, 3.8) is 0 Å². The van der Waals surface area contributed by atoms with Crippen LogP contribution >= 0.6 is 0 Å². The third-order valence-corrected chi connectivity index (χ3v) is 6.65. The van der Waals surface area contributed by atoms with E-state index in [1.54, 1.807) is 5.57 Å².